The van der Waals surface area contributed by atoms with Crippen LogP contribution in [0.1, 0.15) is 17.0 Å². The number of amides is 1. The van der Waals surface area contributed by atoms with Gasteiger partial charge in [-0.1, -0.05) is 12.1 Å². The third-order valence-electron chi connectivity index (χ3n) is 4.50. The molecular formula is C21H18N4O4S. The first kappa shape index (κ1) is 19.6. The molecule has 2 heterocycles. The molecule has 30 heavy (non-hydrogen) atoms. The smallest absolute Gasteiger partial charge is 0.287 e. The number of nitro benzene ring substituents is 1. The number of hydrogen-bond acceptors (Lipinski definition) is 7. The Labute approximate surface area is 175 Å². The van der Waals surface area contributed by atoms with Gasteiger partial charge in [0.1, 0.15) is 11.6 Å². The van der Waals surface area contributed by atoms with Crippen LogP contribution in [0.3, 0.4) is 0 Å². The number of carbonyl (C=O) groups is 1. The first-order valence-electron chi connectivity index (χ1n) is 9.33. The van der Waals surface area contributed by atoms with Gasteiger partial charge in [-0.3, -0.25) is 14.9 Å². The Morgan fingerprint density at radius 1 is 1.07 bits per heavy atom. The fourth-order valence-corrected chi connectivity index (χ4v) is 3.72. The number of non-ortho nitro benzene ring substituents is 1. The van der Waals surface area contributed by atoms with Crippen LogP contribution in [0, 0.1) is 10.1 Å². The van der Waals surface area contributed by atoms with E-state index in [1.807, 2.05) is 24.3 Å². The van der Waals surface area contributed by atoms with E-state index in [1.54, 1.807) is 24.3 Å². The molecule has 4 aromatic rings. The fourth-order valence-electron chi connectivity index (χ4n) is 2.96. The van der Waals surface area contributed by atoms with Crippen LogP contribution < -0.4 is 10.6 Å². The van der Waals surface area contributed by atoms with Gasteiger partial charge in [0.2, 0.25) is 0 Å². The van der Waals surface area contributed by atoms with Crippen LogP contribution in [-0.4, -0.2) is 28.3 Å². The van der Waals surface area contributed by atoms with Gasteiger partial charge in [-0.25, -0.2) is 0 Å². The van der Waals surface area contributed by atoms with E-state index in [9.17, 15) is 14.9 Å². The standard InChI is InChI=1S/C21H18N4O4S/c26-21(18-11-10-17(29-18)14-6-8-15(9-7-14)25(27)28)23-13-3-12-22-20-16-4-1-2-5-19(16)30-24-20/h1-2,4-11H,3,12-13H2,(H,22,24)(H,23,26). The van der Waals surface area contributed by atoms with Crippen molar-refractivity contribution in [3.05, 3.63) is 76.5 Å². The maximum Gasteiger partial charge on any atom is 0.287 e. The number of nitrogens with zero attached hydrogens (tertiary/aromatic N) is 2. The van der Waals surface area contributed by atoms with E-state index in [4.69, 9.17) is 4.42 Å². The number of anilines is 1. The summed E-state index contributed by atoms with van der Waals surface area (Å²) in [6.45, 7) is 1.17. The van der Waals surface area contributed by atoms with Crippen LogP contribution in [0.4, 0.5) is 11.5 Å². The normalized spacial score (nSPS) is 10.8. The second-order valence-corrected chi connectivity index (χ2v) is 7.34. The van der Waals surface area contributed by atoms with Gasteiger partial charge in [0.25, 0.3) is 11.6 Å². The Hall–Kier alpha value is -3.72. The molecule has 2 aromatic carbocycles. The summed E-state index contributed by atoms with van der Waals surface area (Å²) in [5.41, 5.74) is 0.668. The fraction of sp³-hybridized carbons (Fsp3) is 0.143. The zero-order valence-electron chi connectivity index (χ0n) is 15.8. The van der Waals surface area contributed by atoms with Crippen molar-refractivity contribution in [3.8, 4) is 11.3 Å². The Morgan fingerprint density at radius 3 is 2.67 bits per heavy atom. The quantitative estimate of drug-likeness (QED) is 0.242. The molecule has 0 aliphatic rings. The first-order valence-corrected chi connectivity index (χ1v) is 10.1. The van der Waals surface area contributed by atoms with Crippen molar-refractivity contribution in [1.82, 2.24) is 9.69 Å². The molecule has 2 aromatic heterocycles. The number of nitro groups is 1. The molecule has 0 saturated heterocycles. The lowest BCUT2D eigenvalue weighted by Crippen LogP contribution is -2.25. The molecule has 0 spiro atoms. The van der Waals surface area contributed by atoms with Gasteiger partial charge in [-0.15, -0.1) is 0 Å². The summed E-state index contributed by atoms with van der Waals surface area (Å²) in [5, 5.41) is 18.0. The predicted molar refractivity (Wildman–Crippen MR) is 116 cm³/mol. The van der Waals surface area contributed by atoms with Gasteiger partial charge in [-0.05, 0) is 54.4 Å². The summed E-state index contributed by atoms with van der Waals surface area (Å²) < 4.78 is 11.1. The summed E-state index contributed by atoms with van der Waals surface area (Å²) in [5.74, 6) is 1.23. The maximum absolute atomic E-state index is 12.3. The van der Waals surface area contributed by atoms with Crippen molar-refractivity contribution in [3.63, 3.8) is 0 Å². The molecule has 0 radical (unpaired) electrons. The monoisotopic (exact) mass is 422 g/mol. The Morgan fingerprint density at radius 2 is 1.87 bits per heavy atom. The molecule has 152 valence electrons. The van der Waals surface area contributed by atoms with Gasteiger partial charge < -0.3 is 15.1 Å². The number of furan rings is 1. The van der Waals surface area contributed by atoms with Crippen LogP contribution in [0.2, 0.25) is 0 Å². The van der Waals surface area contributed by atoms with E-state index in [1.165, 1.54) is 23.7 Å². The minimum atomic E-state index is -0.462. The highest BCUT2D eigenvalue weighted by Gasteiger charge is 2.13. The van der Waals surface area contributed by atoms with Crippen LogP contribution in [0.5, 0.6) is 0 Å². The van der Waals surface area contributed by atoms with Crippen LogP contribution in [-0.2, 0) is 0 Å². The highest BCUT2D eigenvalue weighted by Crippen LogP contribution is 2.26. The number of aromatic nitrogens is 1. The molecular weight excluding hydrogens is 404 g/mol. The van der Waals surface area contributed by atoms with Gasteiger partial charge in [0.05, 0.1) is 9.62 Å². The number of rotatable bonds is 8. The van der Waals surface area contributed by atoms with E-state index in [0.29, 0.717) is 24.4 Å². The summed E-state index contributed by atoms with van der Waals surface area (Å²) in [6, 6.07) is 17.3. The lowest BCUT2D eigenvalue weighted by molar-refractivity contribution is -0.384. The van der Waals surface area contributed by atoms with Crippen molar-refractivity contribution in [1.29, 1.82) is 0 Å². The highest BCUT2D eigenvalue weighted by molar-refractivity contribution is 7.13. The molecule has 0 aliphatic carbocycles. The van der Waals surface area contributed by atoms with Crippen molar-refractivity contribution >= 4 is 39.0 Å². The minimum Gasteiger partial charge on any atom is -0.451 e. The molecule has 0 bridgehead atoms. The summed E-state index contributed by atoms with van der Waals surface area (Å²) in [4.78, 5) is 22.5. The molecule has 9 heteroatoms. The van der Waals surface area contributed by atoms with E-state index in [0.717, 1.165) is 22.3 Å². The second kappa shape index (κ2) is 8.75. The SMILES string of the molecule is O=C(NCCCNc1nsc2ccccc12)c1ccc(-c2ccc([N+](=O)[O-])cc2)o1. The van der Waals surface area contributed by atoms with Gasteiger partial charge in [-0.2, -0.15) is 4.37 Å². The highest BCUT2D eigenvalue weighted by atomic mass is 32.1. The lowest BCUT2D eigenvalue weighted by atomic mass is 10.1. The molecule has 0 fully saturated rings. The average molecular weight is 422 g/mol. The van der Waals surface area contributed by atoms with Crippen molar-refractivity contribution < 1.29 is 14.1 Å². The van der Waals surface area contributed by atoms with Crippen molar-refractivity contribution in [2.24, 2.45) is 0 Å². The van der Waals surface area contributed by atoms with Crippen LogP contribution >= 0.6 is 11.5 Å². The number of carbonyl (C=O) groups excluding carboxylic acids is 1. The van der Waals surface area contributed by atoms with E-state index >= 15 is 0 Å². The van der Waals surface area contributed by atoms with E-state index < -0.39 is 4.92 Å². The summed E-state index contributed by atoms with van der Waals surface area (Å²) >= 11 is 1.45. The first-order chi connectivity index (χ1) is 14.6. The zero-order chi connectivity index (χ0) is 20.9. The molecule has 4 rings (SSSR count). The van der Waals surface area contributed by atoms with E-state index in [2.05, 4.69) is 15.0 Å². The van der Waals surface area contributed by atoms with Crippen molar-refractivity contribution in [2.75, 3.05) is 18.4 Å². The molecule has 1 amide bonds. The number of fused-ring (bicyclic) bond motifs is 1. The van der Waals surface area contributed by atoms with E-state index in [-0.39, 0.29) is 17.4 Å². The summed E-state index contributed by atoms with van der Waals surface area (Å²) in [7, 11) is 0. The van der Waals surface area contributed by atoms with Gasteiger partial charge >= 0.3 is 0 Å². The van der Waals surface area contributed by atoms with Crippen LogP contribution in [0.25, 0.3) is 21.4 Å². The molecule has 0 saturated carbocycles. The van der Waals surface area contributed by atoms with Gasteiger partial charge in [0, 0.05) is 36.2 Å². The van der Waals surface area contributed by atoms with Crippen molar-refractivity contribution in [2.45, 2.75) is 6.42 Å². The summed E-state index contributed by atoms with van der Waals surface area (Å²) in [6.07, 6.45) is 0.730. The zero-order valence-corrected chi connectivity index (χ0v) is 16.6. The molecule has 0 aliphatic heterocycles. The lowest BCUT2D eigenvalue weighted by Gasteiger charge is -2.05. The number of nitrogens with one attached hydrogen (secondary N) is 2. The molecule has 0 atom stereocenters. The van der Waals surface area contributed by atoms with Crippen LogP contribution in [0.15, 0.2) is 65.1 Å². The third-order valence-corrected chi connectivity index (χ3v) is 5.33. The Balaban J connectivity index is 1.26. The van der Waals surface area contributed by atoms with Gasteiger partial charge in [0.15, 0.2) is 5.76 Å². The minimum absolute atomic E-state index is 0.00234. The maximum atomic E-state index is 12.3. The number of hydrogen-bond donors (Lipinski definition) is 2. The number of benzene rings is 2. The Kier molecular flexibility index (Phi) is 5.71. The second-order valence-electron chi connectivity index (χ2n) is 6.53. The average Bonchev–Trinajstić information content (AvgIpc) is 3.41. The Bertz CT molecular complexity index is 1180. The topological polar surface area (TPSA) is 110 Å². The largest absolute Gasteiger partial charge is 0.451 e. The molecule has 0 unspecified atom stereocenters. The predicted octanol–water partition coefficient (Wildman–Crippen LogP) is 4.70. The molecule has 8 nitrogen and oxygen atoms in total. The molecule has 2 N–H and O–H groups in total. The third kappa shape index (κ3) is 4.31.